The summed E-state index contributed by atoms with van der Waals surface area (Å²) in [7, 11) is 0. The third kappa shape index (κ3) is 3.15. The van der Waals surface area contributed by atoms with E-state index in [1.165, 1.54) is 19.3 Å². The number of rotatable bonds is 2. The topological polar surface area (TPSA) is 0 Å². The first-order chi connectivity index (χ1) is 6.50. The summed E-state index contributed by atoms with van der Waals surface area (Å²) in [6.45, 7) is 11.7. The van der Waals surface area contributed by atoms with Crippen molar-refractivity contribution in [3.05, 3.63) is 11.6 Å². The maximum absolute atomic E-state index is 2.51. The molecule has 1 rings (SSSR count). The highest BCUT2D eigenvalue weighted by Crippen LogP contribution is 2.37. The van der Waals surface area contributed by atoms with Crippen molar-refractivity contribution in [3.8, 4) is 0 Å². The van der Waals surface area contributed by atoms with Crippen molar-refractivity contribution in [1.29, 1.82) is 0 Å². The van der Waals surface area contributed by atoms with Crippen LogP contribution in [0.5, 0.6) is 0 Å². The van der Waals surface area contributed by atoms with Crippen molar-refractivity contribution < 1.29 is 0 Å². The van der Waals surface area contributed by atoms with Crippen molar-refractivity contribution in [2.24, 2.45) is 23.7 Å². The summed E-state index contributed by atoms with van der Waals surface area (Å²) in [4.78, 5) is 0. The summed E-state index contributed by atoms with van der Waals surface area (Å²) in [5, 5.41) is 0. The van der Waals surface area contributed by atoms with Gasteiger partial charge in [-0.1, -0.05) is 46.3 Å². The molecular formula is C14H26. The van der Waals surface area contributed by atoms with Gasteiger partial charge in [-0.05, 0) is 42.9 Å². The van der Waals surface area contributed by atoms with Crippen LogP contribution in [0.1, 0.15) is 53.9 Å². The van der Waals surface area contributed by atoms with Gasteiger partial charge >= 0.3 is 0 Å². The van der Waals surface area contributed by atoms with E-state index in [4.69, 9.17) is 0 Å². The molecule has 1 aliphatic carbocycles. The van der Waals surface area contributed by atoms with Gasteiger partial charge in [0.25, 0.3) is 0 Å². The second-order valence-corrected chi connectivity index (χ2v) is 5.72. The Balaban J connectivity index is 2.73. The molecule has 2 atom stereocenters. The van der Waals surface area contributed by atoms with Crippen LogP contribution >= 0.6 is 0 Å². The minimum absolute atomic E-state index is 0.719. The van der Waals surface area contributed by atoms with Gasteiger partial charge in [0.2, 0.25) is 0 Å². The summed E-state index contributed by atoms with van der Waals surface area (Å²) in [6.07, 6.45) is 6.71. The highest BCUT2D eigenvalue weighted by molar-refractivity contribution is 5.12. The molecule has 0 saturated heterocycles. The van der Waals surface area contributed by atoms with E-state index in [9.17, 15) is 0 Å². The lowest BCUT2D eigenvalue weighted by atomic mass is 9.73. The van der Waals surface area contributed by atoms with E-state index >= 15 is 0 Å². The largest absolute Gasteiger partial charge is 0.0825 e. The molecular weight excluding hydrogens is 168 g/mol. The smallest absolute Gasteiger partial charge is 0.0180 e. The Morgan fingerprint density at radius 1 is 1.14 bits per heavy atom. The van der Waals surface area contributed by atoms with Gasteiger partial charge < -0.3 is 0 Å². The Labute approximate surface area is 89.8 Å². The van der Waals surface area contributed by atoms with Gasteiger partial charge in [-0.3, -0.25) is 0 Å². The molecule has 0 aromatic carbocycles. The van der Waals surface area contributed by atoms with E-state index in [0.29, 0.717) is 0 Å². The molecule has 0 aromatic rings. The van der Waals surface area contributed by atoms with Crippen molar-refractivity contribution in [2.75, 3.05) is 0 Å². The van der Waals surface area contributed by atoms with Crippen LogP contribution in [0, 0.1) is 23.7 Å². The van der Waals surface area contributed by atoms with E-state index < -0.39 is 0 Å². The van der Waals surface area contributed by atoms with E-state index in [0.717, 1.165) is 23.7 Å². The SMILES string of the molecule is CC(C)/C=C1\C[C@@H](C)CC[C@@H]1C(C)C. The standard InChI is InChI=1S/C14H26/c1-10(2)8-13-9-12(5)6-7-14(13)11(3)4/h8,10-12,14H,6-7,9H2,1-5H3/b13-8+/t12-,14+/m0/s1. The third-order valence-electron chi connectivity index (χ3n) is 3.38. The first kappa shape index (κ1) is 11.8. The lowest BCUT2D eigenvalue weighted by molar-refractivity contribution is 0.306. The molecule has 0 spiro atoms. The summed E-state index contributed by atoms with van der Waals surface area (Å²) in [5.41, 5.74) is 1.74. The van der Waals surface area contributed by atoms with Gasteiger partial charge in [0.1, 0.15) is 0 Å². The Morgan fingerprint density at radius 3 is 2.29 bits per heavy atom. The zero-order valence-electron chi connectivity index (χ0n) is 10.5. The molecule has 0 amide bonds. The zero-order chi connectivity index (χ0) is 10.7. The van der Waals surface area contributed by atoms with E-state index in [1.54, 1.807) is 5.57 Å². The van der Waals surface area contributed by atoms with Gasteiger partial charge in [0.05, 0.1) is 0 Å². The van der Waals surface area contributed by atoms with Crippen LogP contribution < -0.4 is 0 Å². The average molecular weight is 194 g/mol. The van der Waals surface area contributed by atoms with Crippen molar-refractivity contribution in [2.45, 2.75) is 53.9 Å². The van der Waals surface area contributed by atoms with E-state index in [1.807, 2.05) is 0 Å². The van der Waals surface area contributed by atoms with Crippen LogP contribution in [0.4, 0.5) is 0 Å². The summed E-state index contributed by atoms with van der Waals surface area (Å²) in [6, 6.07) is 0. The molecule has 0 aliphatic heterocycles. The molecule has 1 saturated carbocycles. The molecule has 14 heavy (non-hydrogen) atoms. The summed E-state index contributed by atoms with van der Waals surface area (Å²) in [5.74, 6) is 3.33. The lowest BCUT2D eigenvalue weighted by Crippen LogP contribution is -2.20. The van der Waals surface area contributed by atoms with Crippen LogP contribution in [-0.2, 0) is 0 Å². The maximum Gasteiger partial charge on any atom is -0.0180 e. The molecule has 0 bridgehead atoms. The molecule has 1 aliphatic rings. The summed E-state index contributed by atoms with van der Waals surface area (Å²) < 4.78 is 0. The predicted octanol–water partition coefficient (Wildman–Crippen LogP) is 4.66. The Morgan fingerprint density at radius 2 is 1.79 bits per heavy atom. The van der Waals surface area contributed by atoms with Crippen LogP contribution in [0.25, 0.3) is 0 Å². The third-order valence-corrected chi connectivity index (χ3v) is 3.38. The van der Waals surface area contributed by atoms with Gasteiger partial charge in [-0.2, -0.15) is 0 Å². The Bertz CT molecular complexity index is 198. The monoisotopic (exact) mass is 194 g/mol. The molecule has 1 fully saturated rings. The van der Waals surface area contributed by atoms with Crippen LogP contribution in [0.15, 0.2) is 11.6 Å². The first-order valence-corrected chi connectivity index (χ1v) is 6.21. The van der Waals surface area contributed by atoms with E-state index in [2.05, 4.69) is 40.7 Å². The van der Waals surface area contributed by atoms with E-state index in [-0.39, 0.29) is 0 Å². The molecule has 0 nitrogen and oxygen atoms in total. The fourth-order valence-corrected chi connectivity index (χ4v) is 2.69. The Hall–Kier alpha value is -0.260. The molecule has 0 heteroatoms. The quantitative estimate of drug-likeness (QED) is 0.561. The lowest BCUT2D eigenvalue weighted by Gasteiger charge is -2.32. The van der Waals surface area contributed by atoms with Gasteiger partial charge in [-0.25, -0.2) is 0 Å². The number of hydrogen-bond acceptors (Lipinski definition) is 0. The summed E-state index contributed by atoms with van der Waals surface area (Å²) >= 11 is 0. The minimum Gasteiger partial charge on any atom is -0.0825 e. The molecule has 82 valence electrons. The van der Waals surface area contributed by atoms with Crippen molar-refractivity contribution >= 4 is 0 Å². The van der Waals surface area contributed by atoms with Gasteiger partial charge in [0.15, 0.2) is 0 Å². The van der Waals surface area contributed by atoms with Gasteiger partial charge in [0, 0.05) is 0 Å². The van der Waals surface area contributed by atoms with Crippen molar-refractivity contribution in [1.82, 2.24) is 0 Å². The number of hydrogen-bond donors (Lipinski definition) is 0. The Kier molecular flexibility index (Phi) is 4.22. The fraction of sp³-hybridized carbons (Fsp3) is 0.857. The minimum atomic E-state index is 0.719. The second-order valence-electron chi connectivity index (χ2n) is 5.72. The molecule has 0 unspecified atom stereocenters. The van der Waals surface area contributed by atoms with Crippen LogP contribution in [-0.4, -0.2) is 0 Å². The zero-order valence-corrected chi connectivity index (χ0v) is 10.5. The molecule has 0 aromatic heterocycles. The van der Waals surface area contributed by atoms with Gasteiger partial charge in [-0.15, -0.1) is 0 Å². The van der Waals surface area contributed by atoms with Crippen LogP contribution in [0.2, 0.25) is 0 Å². The van der Waals surface area contributed by atoms with Crippen molar-refractivity contribution in [3.63, 3.8) is 0 Å². The number of allylic oxidation sites excluding steroid dienone is 2. The molecule has 0 heterocycles. The first-order valence-electron chi connectivity index (χ1n) is 6.21. The maximum atomic E-state index is 2.51. The molecule has 0 N–H and O–H groups in total. The highest BCUT2D eigenvalue weighted by Gasteiger charge is 2.25. The molecule has 0 radical (unpaired) electrons. The normalized spacial score (nSPS) is 31.8. The second kappa shape index (κ2) is 5.00. The highest BCUT2D eigenvalue weighted by atomic mass is 14.3. The van der Waals surface area contributed by atoms with Crippen LogP contribution in [0.3, 0.4) is 0 Å². The predicted molar refractivity (Wildman–Crippen MR) is 64.3 cm³/mol. The fourth-order valence-electron chi connectivity index (χ4n) is 2.69. The average Bonchev–Trinajstić information content (AvgIpc) is 2.01.